The average Bonchev–Trinajstić information content (AvgIpc) is 1.98. The second-order valence-electron chi connectivity index (χ2n) is 3.08. The summed E-state index contributed by atoms with van der Waals surface area (Å²) in [7, 11) is 0. The van der Waals surface area contributed by atoms with Crippen molar-refractivity contribution in [2.45, 2.75) is 45.2 Å². The molecule has 0 aliphatic heterocycles. The molecule has 8 heteroatoms. The summed E-state index contributed by atoms with van der Waals surface area (Å²) >= 11 is 33.3. The van der Waals surface area contributed by atoms with Gasteiger partial charge < -0.3 is 0 Å². The molecule has 0 aromatic heterocycles. The first-order chi connectivity index (χ1) is 6.62. The highest BCUT2D eigenvalue weighted by atomic mass is 35.8. The molecule has 0 N–H and O–H groups in total. The van der Waals surface area contributed by atoms with Gasteiger partial charge in [-0.3, -0.25) is 0 Å². The zero-order valence-electron chi connectivity index (χ0n) is 8.80. The van der Waals surface area contributed by atoms with Crippen LogP contribution >= 0.6 is 66.5 Å². The van der Waals surface area contributed by atoms with Crippen LogP contribution in [0.3, 0.4) is 0 Å². The van der Waals surface area contributed by atoms with Gasteiger partial charge in [0.2, 0.25) is 0 Å². The van der Waals surface area contributed by atoms with E-state index in [1.807, 2.05) is 6.92 Å². The van der Waals surface area contributed by atoms with Gasteiger partial charge in [-0.15, -0.1) is 66.5 Å². The van der Waals surface area contributed by atoms with Crippen LogP contribution in [0.2, 0.25) is 12.1 Å². The fraction of sp³-hybridized carbons (Fsp3) is 1.00. The maximum atomic E-state index is 5.58. The van der Waals surface area contributed by atoms with Crippen molar-refractivity contribution in [3.05, 3.63) is 0 Å². The molecule has 0 aromatic rings. The summed E-state index contributed by atoms with van der Waals surface area (Å²) in [5, 5.41) is 0. The van der Waals surface area contributed by atoms with E-state index in [2.05, 4.69) is 6.92 Å². The van der Waals surface area contributed by atoms with Crippen LogP contribution in [0.1, 0.15) is 33.1 Å². The second kappa shape index (κ2) is 10.1. The Kier molecular flexibility index (Phi) is 13.2. The molecule has 0 aliphatic rings. The molecule has 0 nitrogen and oxygen atoms in total. The third-order valence-electron chi connectivity index (χ3n) is 1.35. The SMILES string of the molecule is CCCC[Si](Cl)(Cl)Cl.CCC[Si](Cl)(Cl)Cl. The summed E-state index contributed by atoms with van der Waals surface area (Å²) in [5.41, 5.74) is 0. The van der Waals surface area contributed by atoms with Crippen molar-refractivity contribution < 1.29 is 0 Å². The Labute approximate surface area is 123 Å². The lowest BCUT2D eigenvalue weighted by atomic mass is 10.4. The highest BCUT2D eigenvalue weighted by molar-refractivity contribution is 7.65. The number of halogens is 6. The van der Waals surface area contributed by atoms with Gasteiger partial charge in [0.1, 0.15) is 0 Å². The van der Waals surface area contributed by atoms with E-state index in [9.17, 15) is 0 Å². The lowest BCUT2D eigenvalue weighted by Crippen LogP contribution is -2.07. The van der Waals surface area contributed by atoms with Crippen molar-refractivity contribution in [3.8, 4) is 0 Å². The van der Waals surface area contributed by atoms with Crippen LogP contribution in [0.5, 0.6) is 0 Å². The highest BCUT2D eigenvalue weighted by Crippen LogP contribution is 2.26. The van der Waals surface area contributed by atoms with Crippen LogP contribution in [0.15, 0.2) is 0 Å². The molecule has 0 fully saturated rings. The topological polar surface area (TPSA) is 0 Å². The van der Waals surface area contributed by atoms with Crippen molar-refractivity contribution in [1.29, 1.82) is 0 Å². The molecule has 0 aromatic carbocycles. The summed E-state index contributed by atoms with van der Waals surface area (Å²) in [5.74, 6) is 0. The zero-order valence-corrected chi connectivity index (χ0v) is 15.3. The van der Waals surface area contributed by atoms with E-state index in [0.29, 0.717) is 0 Å². The van der Waals surface area contributed by atoms with Crippen LogP contribution in [-0.2, 0) is 0 Å². The molecule has 0 spiro atoms. The van der Waals surface area contributed by atoms with Gasteiger partial charge >= 0.3 is 12.0 Å². The highest BCUT2D eigenvalue weighted by Gasteiger charge is 2.23. The fourth-order valence-electron chi connectivity index (χ4n) is 0.661. The van der Waals surface area contributed by atoms with Gasteiger partial charge in [0, 0.05) is 0 Å². The van der Waals surface area contributed by atoms with Crippen LogP contribution in [0.25, 0.3) is 0 Å². The Balaban J connectivity index is 0. The molecule has 0 amide bonds. The number of hydrogen-bond acceptors (Lipinski definition) is 0. The first-order valence-corrected chi connectivity index (χ1v) is 15.2. The van der Waals surface area contributed by atoms with E-state index >= 15 is 0 Å². The van der Waals surface area contributed by atoms with Gasteiger partial charge in [-0.1, -0.05) is 33.1 Å². The third-order valence-corrected chi connectivity index (χ3v) is 6.74. The molecule has 0 rings (SSSR count). The smallest absolute Gasteiger partial charge is 0.126 e. The summed E-state index contributed by atoms with van der Waals surface area (Å²) in [4.78, 5) is 0. The van der Waals surface area contributed by atoms with E-state index in [1.165, 1.54) is 0 Å². The van der Waals surface area contributed by atoms with Gasteiger partial charge in [0.25, 0.3) is 0 Å². The van der Waals surface area contributed by atoms with Gasteiger partial charge in [-0.25, -0.2) is 0 Å². The van der Waals surface area contributed by atoms with E-state index in [0.717, 1.165) is 31.4 Å². The van der Waals surface area contributed by atoms with Crippen molar-refractivity contribution in [1.82, 2.24) is 0 Å². The Bertz CT molecular complexity index is 141. The minimum atomic E-state index is -2.26. The summed E-state index contributed by atoms with van der Waals surface area (Å²) in [6.07, 6.45) is 3.13. The lowest BCUT2D eigenvalue weighted by Gasteiger charge is -2.03. The normalized spacial score (nSPS) is 12.0. The number of hydrogen-bond donors (Lipinski definition) is 0. The van der Waals surface area contributed by atoms with Crippen LogP contribution in [0.4, 0.5) is 0 Å². The minimum Gasteiger partial charge on any atom is -0.126 e. The van der Waals surface area contributed by atoms with E-state index in [4.69, 9.17) is 66.5 Å². The first kappa shape index (κ1) is 19.5. The van der Waals surface area contributed by atoms with Gasteiger partial charge in [0.15, 0.2) is 0 Å². The summed E-state index contributed by atoms with van der Waals surface area (Å²) in [6, 6.07) is -2.93. The van der Waals surface area contributed by atoms with Gasteiger partial charge in [-0.2, -0.15) is 0 Å². The molecular formula is C7H16Cl6Si2. The van der Waals surface area contributed by atoms with Crippen LogP contribution in [0, 0.1) is 0 Å². The van der Waals surface area contributed by atoms with Crippen molar-refractivity contribution in [2.75, 3.05) is 0 Å². The first-order valence-electron chi connectivity index (χ1n) is 4.76. The monoisotopic (exact) mass is 366 g/mol. The van der Waals surface area contributed by atoms with E-state index in [1.54, 1.807) is 0 Å². The van der Waals surface area contributed by atoms with Crippen molar-refractivity contribution >= 4 is 78.5 Å². The molecule has 0 radical (unpaired) electrons. The predicted molar refractivity (Wildman–Crippen MR) is 81.4 cm³/mol. The predicted octanol–water partition coefficient (Wildman–Crippen LogP) is 6.49. The second-order valence-corrected chi connectivity index (χ2v) is 21.6. The molecule has 0 saturated heterocycles. The number of rotatable bonds is 5. The quantitative estimate of drug-likeness (QED) is 0.384. The molecule has 0 unspecified atom stereocenters. The Morgan fingerprint density at radius 1 is 0.667 bits per heavy atom. The maximum absolute atomic E-state index is 5.58. The minimum absolute atomic E-state index is 0.775. The summed E-state index contributed by atoms with van der Waals surface area (Å²) in [6.45, 7) is 4.10. The van der Waals surface area contributed by atoms with Crippen LogP contribution in [-0.4, -0.2) is 12.0 Å². The van der Waals surface area contributed by atoms with E-state index in [-0.39, 0.29) is 0 Å². The maximum Gasteiger partial charge on any atom is 0.341 e. The van der Waals surface area contributed by atoms with Gasteiger partial charge in [-0.05, 0) is 12.1 Å². The molecule has 0 atom stereocenters. The molecule has 0 heterocycles. The fourth-order valence-corrected chi connectivity index (χ4v) is 4.89. The molecule has 94 valence electrons. The summed E-state index contributed by atoms with van der Waals surface area (Å²) < 4.78 is 0. The molecule has 0 aliphatic carbocycles. The van der Waals surface area contributed by atoms with Gasteiger partial charge in [0.05, 0.1) is 0 Å². The molecule has 0 saturated carbocycles. The van der Waals surface area contributed by atoms with Crippen molar-refractivity contribution in [2.24, 2.45) is 0 Å². The van der Waals surface area contributed by atoms with Crippen LogP contribution < -0.4 is 0 Å². The molecule has 15 heavy (non-hydrogen) atoms. The Hall–Kier alpha value is 2.17. The lowest BCUT2D eigenvalue weighted by molar-refractivity contribution is 0.879. The molecular weight excluding hydrogens is 353 g/mol. The van der Waals surface area contributed by atoms with E-state index < -0.39 is 12.0 Å². The Morgan fingerprint density at radius 2 is 1.07 bits per heavy atom. The number of unbranched alkanes of at least 4 members (excludes halogenated alkanes) is 1. The molecule has 0 bridgehead atoms. The average molecular weight is 369 g/mol. The third kappa shape index (κ3) is 26.0. The standard InChI is InChI=1S/C4H9Cl3Si.C3H7Cl3Si/c1-2-3-4-8(5,6)7;1-2-3-7(4,5)6/h2-4H2,1H3;2-3H2,1H3. The zero-order chi connectivity index (χ0) is 12.5. The Morgan fingerprint density at radius 3 is 1.13 bits per heavy atom. The largest absolute Gasteiger partial charge is 0.341 e. The van der Waals surface area contributed by atoms with Crippen molar-refractivity contribution in [3.63, 3.8) is 0 Å².